The van der Waals surface area contributed by atoms with E-state index in [2.05, 4.69) is 36.2 Å². The summed E-state index contributed by atoms with van der Waals surface area (Å²) < 4.78 is 6.92. The first-order valence-electron chi connectivity index (χ1n) is 7.58. The number of aromatic nitrogens is 2. The number of benzene rings is 2. The van der Waals surface area contributed by atoms with Crippen molar-refractivity contribution in [1.29, 1.82) is 0 Å². The van der Waals surface area contributed by atoms with Crippen molar-refractivity contribution < 1.29 is 4.74 Å². The summed E-state index contributed by atoms with van der Waals surface area (Å²) in [7, 11) is 1.60. The Hall–Kier alpha value is -2.53. The number of rotatable bonds is 5. The molecule has 0 atom stereocenters. The zero-order valence-corrected chi connectivity index (χ0v) is 14.4. The highest BCUT2D eigenvalue weighted by Crippen LogP contribution is 2.22. The fourth-order valence-corrected chi connectivity index (χ4v) is 3.20. The van der Waals surface area contributed by atoms with Gasteiger partial charge in [-0.25, -0.2) is 4.98 Å². The SMILES string of the molecule is COc1ccccc1-n1ccnc(SCc2ccc(C)cc2)c1=O. The molecular weight excluding hydrogens is 320 g/mol. The first kappa shape index (κ1) is 16.3. The highest BCUT2D eigenvalue weighted by Gasteiger charge is 2.10. The van der Waals surface area contributed by atoms with Gasteiger partial charge in [0.2, 0.25) is 0 Å². The van der Waals surface area contributed by atoms with Gasteiger partial charge in [-0.2, -0.15) is 0 Å². The van der Waals surface area contributed by atoms with Gasteiger partial charge >= 0.3 is 0 Å². The monoisotopic (exact) mass is 338 g/mol. The first-order valence-corrected chi connectivity index (χ1v) is 8.57. The van der Waals surface area contributed by atoms with Crippen LogP contribution in [0.3, 0.4) is 0 Å². The molecule has 1 aromatic heterocycles. The highest BCUT2D eigenvalue weighted by molar-refractivity contribution is 7.98. The minimum absolute atomic E-state index is 0.140. The molecular formula is C19H18N2O2S. The number of hydrogen-bond acceptors (Lipinski definition) is 4. The number of aryl methyl sites for hydroxylation is 1. The molecule has 0 aliphatic rings. The molecule has 0 aliphatic carbocycles. The van der Waals surface area contributed by atoms with E-state index < -0.39 is 0 Å². The molecule has 24 heavy (non-hydrogen) atoms. The molecule has 0 bridgehead atoms. The van der Waals surface area contributed by atoms with Gasteiger partial charge in [0.25, 0.3) is 5.56 Å². The van der Waals surface area contributed by atoms with E-state index in [1.165, 1.54) is 22.9 Å². The van der Waals surface area contributed by atoms with E-state index in [0.29, 0.717) is 22.2 Å². The largest absolute Gasteiger partial charge is 0.495 e. The summed E-state index contributed by atoms with van der Waals surface area (Å²) in [4.78, 5) is 17.0. The van der Waals surface area contributed by atoms with Gasteiger partial charge in [-0.3, -0.25) is 9.36 Å². The average molecular weight is 338 g/mol. The van der Waals surface area contributed by atoms with Gasteiger partial charge in [0.15, 0.2) is 5.03 Å². The van der Waals surface area contributed by atoms with Gasteiger partial charge < -0.3 is 4.74 Å². The van der Waals surface area contributed by atoms with Crippen LogP contribution in [0.4, 0.5) is 0 Å². The first-order chi connectivity index (χ1) is 11.7. The molecule has 5 heteroatoms. The number of thioether (sulfide) groups is 1. The molecule has 0 saturated heterocycles. The summed E-state index contributed by atoms with van der Waals surface area (Å²) in [6.45, 7) is 2.06. The Morgan fingerprint density at radius 1 is 1.12 bits per heavy atom. The maximum atomic E-state index is 12.7. The lowest BCUT2D eigenvalue weighted by atomic mass is 10.2. The van der Waals surface area contributed by atoms with Crippen LogP contribution in [0.5, 0.6) is 5.75 Å². The molecule has 0 spiro atoms. The summed E-state index contributed by atoms with van der Waals surface area (Å²) in [5, 5.41) is 0.476. The van der Waals surface area contributed by atoms with Crippen molar-refractivity contribution in [2.24, 2.45) is 0 Å². The molecule has 1 heterocycles. The lowest BCUT2D eigenvalue weighted by Crippen LogP contribution is -2.20. The number of nitrogens with zero attached hydrogens (tertiary/aromatic N) is 2. The fraction of sp³-hybridized carbons (Fsp3) is 0.158. The molecule has 2 aromatic carbocycles. The van der Waals surface area contributed by atoms with Gasteiger partial charge in [-0.05, 0) is 24.6 Å². The van der Waals surface area contributed by atoms with Crippen molar-refractivity contribution in [3.8, 4) is 11.4 Å². The predicted octanol–water partition coefficient (Wildman–Crippen LogP) is 3.84. The molecule has 4 nitrogen and oxygen atoms in total. The van der Waals surface area contributed by atoms with Crippen molar-refractivity contribution in [3.63, 3.8) is 0 Å². The van der Waals surface area contributed by atoms with Crippen LogP contribution in [0.25, 0.3) is 5.69 Å². The van der Waals surface area contributed by atoms with Gasteiger partial charge in [-0.1, -0.05) is 53.7 Å². The molecule has 0 amide bonds. The summed E-state index contributed by atoms with van der Waals surface area (Å²) in [5.41, 5.74) is 2.96. The van der Waals surface area contributed by atoms with Gasteiger partial charge in [0, 0.05) is 18.1 Å². The summed E-state index contributed by atoms with van der Waals surface area (Å²) in [6.07, 6.45) is 3.31. The van der Waals surface area contributed by atoms with Crippen LogP contribution < -0.4 is 10.3 Å². The number of hydrogen-bond donors (Lipinski definition) is 0. The second kappa shape index (κ2) is 7.36. The van der Waals surface area contributed by atoms with Crippen LogP contribution in [0.15, 0.2) is 70.7 Å². The molecule has 122 valence electrons. The fourth-order valence-electron chi connectivity index (χ4n) is 2.35. The molecule has 0 N–H and O–H groups in total. The van der Waals surface area contributed by atoms with Gasteiger partial charge in [0.1, 0.15) is 5.75 Å². The van der Waals surface area contributed by atoms with E-state index in [-0.39, 0.29) is 5.56 Å². The quantitative estimate of drug-likeness (QED) is 0.663. The Labute approximate surface area is 145 Å². The van der Waals surface area contributed by atoms with Crippen LogP contribution in [0, 0.1) is 6.92 Å². The standard InChI is InChI=1S/C19H18N2O2S/c1-14-7-9-15(10-8-14)13-24-18-19(22)21(12-11-20-18)16-5-3-4-6-17(16)23-2/h3-12H,13H2,1-2H3. The second-order valence-electron chi connectivity index (χ2n) is 5.35. The maximum absolute atomic E-state index is 12.7. The third kappa shape index (κ3) is 3.51. The molecule has 3 rings (SSSR count). The molecule has 0 aliphatic heterocycles. The third-order valence-electron chi connectivity index (χ3n) is 3.65. The summed E-state index contributed by atoms with van der Waals surface area (Å²) in [6, 6.07) is 15.7. The zero-order valence-electron chi connectivity index (χ0n) is 13.6. The molecule has 0 fully saturated rings. The van der Waals surface area contributed by atoms with Crippen molar-refractivity contribution in [1.82, 2.24) is 9.55 Å². The Kier molecular flexibility index (Phi) is 5.01. The molecule has 0 unspecified atom stereocenters. The van der Waals surface area contributed by atoms with E-state index >= 15 is 0 Å². The lowest BCUT2D eigenvalue weighted by molar-refractivity contribution is 0.412. The zero-order chi connectivity index (χ0) is 16.9. The van der Waals surface area contributed by atoms with Crippen molar-refractivity contribution >= 4 is 11.8 Å². The van der Waals surface area contributed by atoms with E-state index in [0.717, 1.165) is 0 Å². The minimum atomic E-state index is -0.140. The minimum Gasteiger partial charge on any atom is -0.495 e. The van der Waals surface area contributed by atoms with Gasteiger partial charge in [0.05, 0.1) is 12.8 Å². The number of ether oxygens (including phenoxy) is 1. The van der Waals surface area contributed by atoms with Crippen molar-refractivity contribution in [2.75, 3.05) is 7.11 Å². The van der Waals surface area contributed by atoms with Crippen LogP contribution in [-0.4, -0.2) is 16.7 Å². The predicted molar refractivity (Wildman–Crippen MR) is 97.1 cm³/mol. The normalized spacial score (nSPS) is 10.6. The number of methoxy groups -OCH3 is 1. The maximum Gasteiger partial charge on any atom is 0.287 e. The van der Waals surface area contributed by atoms with Crippen molar-refractivity contribution in [3.05, 3.63) is 82.4 Å². The second-order valence-corrected chi connectivity index (χ2v) is 6.32. The van der Waals surface area contributed by atoms with E-state index in [4.69, 9.17) is 4.74 Å². The van der Waals surface area contributed by atoms with E-state index in [1.807, 2.05) is 24.3 Å². The smallest absolute Gasteiger partial charge is 0.287 e. The molecule has 3 aromatic rings. The summed E-state index contributed by atoms with van der Waals surface area (Å²) >= 11 is 1.44. The van der Waals surface area contributed by atoms with Crippen LogP contribution >= 0.6 is 11.8 Å². The Morgan fingerprint density at radius 3 is 2.62 bits per heavy atom. The summed E-state index contributed by atoms with van der Waals surface area (Å²) in [5.74, 6) is 1.36. The van der Waals surface area contributed by atoms with Crippen LogP contribution in [-0.2, 0) is 5.75 Å². The third-order valence-corrected chi connectivity index (χ3v) is 4.68. The Morgan fingerprint density at radius 2 is 1.88 bits per heavy atom. The van der Waals surface area contributed by atoms with Crippen LogP contribution in [0.1, 0.15) is 11.1 Å². The van der Waals surface area contributed by atoms with Crippen molar-refractivity contribution in [2.45, 2.75) is 17.7 Å². The lowest BCUT2D eigenvalue weighted by Gasteiger charge is -2.11. The topological polar surface area (TPSA) is 44.1 Å². The molecule has 0 radical (unpaired) electrons. The van der Waals surface area contributed by atoms with Crippen LogP contribution in [0.2, 0.25) is 0 Å². The molecule has 0 saturated carbocycles. The number of para-hydroxylation sites is 2. The van der Waals surface area contributed by atoms with Gasteiger partial charge in [-0.15, -0.1) is 0 Å². The Balaban J connectivity index is 1.88. The van der Waals surface area contributed by atoms with E-state index in [9.17, 15) is 4.79 Å². The van der Waals surface area contributed by atoms with E-state index in [1.54, 1.807) is 24.1 Å². The highest BCUT2D eigenvalue weighted by atomic mass is 32.2. The Bertz CT molecular complexity index is 888. The average Bonchev–Trinajstić information content (AvgIpc) is 2.62.